The van der Waals surface area contributed by atoms with Crippen molar-refractivity contribution in [2.24, 2.45) is 0 Å². The van der Waals surface area contributed by atoms with Crippen LogP contribution in [0, 0.1) is 0 Å². The van der Waals surface area contributed by atoms with E-state index < -0.39 is 0 Å². The Morgan fingerprint density at radius 3 is 2.86 bits per heavy atom. The van der Waals surface area contributed by atoms with Crippen molar-refractivity contribution >= 4 is 11.6 Å². The first kappa shape index (κ1) is 9.21. The van der Waals surface area contributed by atoms with Crippen LogP contribution >= 0.6 is 0 Å². The lowest BCUT2D eigenvalue weighted by atomic mass is 9.97. The number of benzene rings is 1. The largest absolute Gasteiger partial charge is 0.358 e. The van der Waals surface area contributed by atoms with Crippen LogP contribution in [0.2, 0.25) is 0 Å². The molecule has 74 valence electrons. The van der Waals surface area contributed by atoms with Gasteiger partial charge in [-0.2, -0.15) is 0 Å². The number of anilines is 1. The molecule has 2 rings (SSSR count). The maximum Gasteiger partial charge on any atom is 0.234 e. The molecular weight excluding hydrogens is 176 g/mol. The second-order valence-electron chi connectivity index (χ2n) is 3.65. The van der Waals surface area contributed by atoms with Crippen LogP contribution in [-0.2, 0) is 4.79 Å². The Hall–Kier alpha value is -1.35. The number of hydrogen-bond donors (Lipinski definition) is 1. The standard InChI is InChI=1S/C11H14N2O/c1-13-10-5-3-2-4-8(10)9(6-7-12)11(13)14/h2-5,9H,6-7,12H2,1H3/p+1/t9-/m1/s1. The normalized spacial score (nSPS) is 20.0. The molecular formula is C11H15N2O+. The summed E-state index contributed by atoms with van der Waals surface area (Å²) in [5.41, 5.74) is 6.02. The van der Waals surface area contributed by atoms with Crippen LogP contribution in [0.1, 0.15) is 17.9 Å². The van der Waals surface area contributed by atoms with Crippen LogP contribution < -0.4 is 10.6 Å². The zero-order valence-electron chi connectivity index (χ0n) is 8.36. The molecule has 3 N–H and O–H groups in total. The van der Waals surface area contributed by atoms with E-state index >= 15 is 0 Å². The van der Waals surface area contributed by atoms with Gasteiger partial charge in [-0.1, -0.05) is 18.2 Å². The second kappa shape index (κ2) is 3.42. The molecule has 1 amide bonds. The molecule has 0 saturated carbocycles. The van der Waals surface area contributed by atoms with Gasteiger partial charge in [0.1, 0.15) is 0 Å². The summed E-state index contributed by atoms with van der Waals surface area (Å²) in [5.74, 6) is 0.239. The molecule has 0 aromatic heterocycles. The molecule has 1 aromatic rings. The van der Waals surface area contributed by atoms with E-state index in [1.54, 1.807) is 4.90 Å². The summed E-state index contributed by atoms with van der Waals surface area (Å²) in [6.45, 7) is 0.804. The Bertz CT molecular complexity index is 362. The van der Waals surface area contributed by atoms with E-state index in [1.165, 1.54) is 0 Å². The van der Waals surface area contributed by atoms with Gasteiger partial charge in [-0.15, -0.1) is 0 Å². The highest BCUT2D eigenvalue weighted by molar-refractivity contribution is 6.04. The van der Waals surface area contributed by atoms with Gasteiger partial charge in [0.25, 0.3) is 0 Å². The molecule has 3 heteroatoms. The van der Waals surface area contributed by atoms with Crippen molar-refractivity contribution in [2.45, 2.75) is 12.3 Å². The minimum absolute atomic E-state index is 0.0358. The predicted octanol–water partition coefficient (Wildman–Crippen LogP) is 0.379. The molecule has 0 saturated heterocycles. The summed E-state index contributed by atoms with van der Waals surface area (Å²) in [6.07, 6.45) is 0.847. The van der Waals surface area contributed by atoms with E-state index in [0.29, 0.717) is 0 Å². The second-order valence-corrected chi connectivity index (χ2v) is 3.65. The SMILES string of the molecule is CN1C(=O)[C@H](CC[NH3+])c2ccccc21. The number of hydrogen-bond acceptors (Lipinski definition) is 1. The van der Waals surface area contributed by atoms with Crippen LogP contribution in [0.5, 0.6) is 0 Å². The third-order valence-corrected chi connectivity index (χ3v) is 2.79. The highest BCUT2D eigenvalue weighted by Gasteiger charge is 2.34. The smallest absolute Gasteiger partial charge is 0.234 e. The van der Waals surface area contributed by atoms with E-state index in [9.17, 15) is 4.79 Å². The lowest BCUT2D eigenvalue weighted by Crippen LogP contribution is -2.51. The molecule has 0 unspecified atom stereocenters. The fourth-order valence-corrected chi connectivity index (χ4v) is 2.06. The van der Waals surface area contributed by atoms with Crippen molar-refractivity contribution in [3.8, 4) is 0 Å². The summed E-state index contributed by atoms with van der Waals surface area (Å²) in [5, 5.41) is 0. The van der Waals surface area contributed by atoms with Gasteiger partial charge in [-0.3, -0.25) is 4.79 Å². The van der Waals surface area contributed by atoms with Crippen LogP contribution in [-0.4, -0.2) is 19.5 Å². The van der Waals surface area contributed by atoms with Gasteiger partial charge in [-0.05, 0) is 11.6 Å². The Kier molecular flexibility index (Phi) is 2.25. The monoisotopic (exact) mass is 191 g/mol. The molecule has 1 aliphatic rings. The highest BCUT2D eigenvalue weighted by Crippen LogP contribution is 2.37. The predicted molar refractivity (Wildman–Crippen MR) is 55.0 cm³/mol. The maximum atomic E-state index is 11.9. The highest BCUT2D eigenvalue weighted by atomic mass is 16.2. The fraction of sp³-hybridized carbons (Fsp3) is 0.364. The molecule has 1 atom stereocenters. The van der Waals surface area contributed by atoms with Crippen molar-refractivity contribution < 1.29 is 10.5 Å². The number of nitrogens with zero attached hydrogens (tertiary/aromatic N) is 1. The van der Waals surface area contributed by atoms with E-state index in [0.717, 1.165) is 24.2 Å². The van der Waals surface area contributed by atoms with E-state index in [2.05, 4.69) is 5.73 Å². The molecule has 1 aromatic carbocycles. The van der Waals surface area contributed by atoms with Gasteiger partial charge in [0.2, 0.25) is 5.91 Å². The van der Waals surface area contributed by atoms with Crippen molar-refractivity contribution in [3.63, 3.8) is 0 Å². The maximum absolute atomic E-state index is 11.9. The van der Waals surface area contributed by atoms with Crippen molar-refractivity contribution in [3.05, 3.63) is 29.8 Å². The fourth-order valence-electron chi connectivity index (χ4n) is 2.06. The summed E-state index contributed by atoms with van der Waals surface area (Å²) in [6, 6.07) is 7.99. The summed E-state index contributed by atoms with van der Waals surface area (Å²) in [4.78, 5) is 13.6. The van der Waals surface area contributed by atoms with Gasteiger partial charge in [0, 0.05) is 19.2 Å². The zero-order valence-corrected chi connectivity index (χ0v) is 8.36. The Morgan fingerprint density at radius 1 is 1.43 bits per heavy atom. The van der Waals surface area contributed by atoms with Crippen molar-refractivity contribution in [1.29, 1.82) is 0 Å². The van der Waals surface area contributed by atoms with Gasteiger partial charge in [0.05, 0.1) is 12.5 Å². The van der Waals surface area contributed by atoms with Gasteiger partial charge in [-0.25, -0.2) is 0 Å². The quantitative estimate of drug-likeness (QED) is 0.721. The third-order valence-electron chi connectivity index (χ3n) is 2.79. The molecule has 1 heterocycles. The Morgan fingerprint density at radius 2 is 2.14 bits per heavy atom. The molecule has 0 fully saturated rings. The number of para-hydroxylation sites is 1. The molecule has 0 spiro atoms. The summed E-state index contributed by atoms with van der Waals surface area (Å²) >= 11 is 0. The number of rotatable bonds is 2. The van der Waals surface area contributed by atoms with Crippen molar-refractivity contribution in [1.82, 2.24) is 0 Å². The summed E-state index contributed by atoms with van der Waals surface area (Å²) in [7, 11) is 1.84. The van der Waals surface area contributed by atoms with Crippen LogP contribution in [0.25, 0.3) is 0 Å². The summed E-state index contributed by atoms with van der Waals surface area (Å²) < 4.78 is 0. The van der Waals surface area contributed by atoms with Crippen LogP contribution in [0.4, 0.5) is 5.69 Å². The molecule has 1 aliphatic heterocycles. The lowest BCUT2D eigenvalue weighted by molar-refractivity contribution is -0.368. The number of likely N-dealkylation sites (N-methyl/N-ethyl adjacent to an activating group) is 1. The molecule has 14 heavy (non-hydrogen) atoms. The first-order valence-corrected chi connectivity index (χ1v) is 4.91. The van der Waals surface area contributed by atoms with Crippen molar-refractivity contribution in [2.75, 3.05) is 18.5 Å². The minimum atomic E-state index is 0.0358. The first-order chi connectivity index (χ1) is 6.75. The molecule has 3 nitrogen and oxygen atoms in total. The average Bonchev–Trinajstić information content (AvgIpc) is 2.45. The first-order valence-electron chi connectivity index (χ1n) is 4.91. The third kappa shape index (κ3) is 1.21. The zero-order chi connectivity index (χ0) is 10.1. The average molecular weight is 191 g/mol. The minimum Gasteiger partial charge on any atom is -0.358 e. The van der Waals surface area contributed by atoms with Gasteiger partial charge in [0.15, 0.2) is 0 Å². The van der Waals surface area contributed by atoms with Gasteiger partial charge < -0.3 is 10.6 Å². The Labute approximate surface area is 83.5 Å². The Balaban J connectivity index is 2.42. The molecule has 0 bridgehead atoms. The molecule has 0 aliphatic carbocycles. The molecule has 0 radical (unpaired) electrons. The number of quaternary nitrogens is 1. The van der Waals surface area contributed by atoms with Gasteiger partial charge >= 0.3 is 0 Å². The number of carbonyl (C=O) groups excluding carboxylic acids is 1. The van der Waals surface area contributed by atoms with E-state index in [4.69, 9.17) is 0 Å². The number of carbonyl (C=O) groups is 1. The number of fused-ring (bicyclic) bond motifs is 1. The topological polar surface area (TPSA) is 48.0 Å². The number of amides is 1. The van der Waals surface area contributed by atoms with E-state index in [-0.39, 0.29) is 11.8 Å². The van der Waals surface area contributed by atoms with E-state index in [1.807, 2.05) is 31.3 Å². The lowest BCUT2D eigenvalue weighted by Gasteiger charge is -2.09. The van der Waals surface area contributed by atoms with Crippen LogP contribution in [0.3, 0.4) is 0 Å². The van der Waals surface area contributed by atoms with Crippen LogP contribution in [0.15, 0.2) is 24.3 Å².